The molecule has 0 bridgehead atoms. The first-order valence-corrected chi connectivity index (χ1v) is 11.3. The molecular formula is C24H36O4. The molecule has 156 valence electrons. The van der Waals surface area contributed by atoms with E-state index in [1.807, 2.05) is 0 Å². The standard InChI is InChI=1S/C24H36O4/c1-14-10-11-19-17(14)12-13-20-18-8-6-7-9-21(18)23(4,27-15(2)25)24(5,22(19)20)28-16(3)26/h17-22H,1,6-13H2,2-5H3. The Hall–Kier alpha value is -1.32. The maximum absolute atomic E-state index is 12.3. The van der Waals surface area contributed by atoms with Crippen LogP contribution in [-0.4, -0.2) is 23.1 Å². The summed E-state index contributed by atoms with van der Waals surface area (Å²) in [5.41, 5.74) is -0.196. The van der Waals surface area contributed by atoms with Crippen molar-refractivity contribution >= 4 is 11.9 Å². The van der Waals surface area contributed by atoms with Crippen molar-refractivity contribution in [2.24, 2.45) is 35.5 Å². The highest BCUT2D eigenvalue weighted by atomic mass is 16.6. The monoisotopic (exact) mass is 388 g/mol. The minimum absolute atomic E-state index is 0.234. The fourth-order valence-electron chi connectivity index (χ4n) is 8.05. The van der Waals surface area contributed by atoms with Crippen LogP contribution in [-0.2, 0) is 19.1 Å². The number of carbonyl (C=O) groups is 2. The molecular weight excluding hydrogens is 352 g/mol. The first-order chi connectivity index (χ1) is 13.2. The quantitative estimate of drug-likeness (QED) is 0.490. The van der Waals surface area contributed by atoms with Crippen molar-refractivity contribution in [2.75, 3.05) is 0 Å². The van der Waals surface area contributed by atoms with Crippen LogP contribution < -0.4 is 0 Å². The third-order valence-corrected chi connectivity index (χ3v) is 8.98. The van der Waals surface area contributed by atoms with Gasteiger partial charge < -0.3 is 9.47 Å². The van der Waals surface area contributed by atoms with Gasteiger partial charge in [-0.15, -0.1) is 0 Å². The van der Waals surface area contributed by atoms with Crippen LogP contribution in [0.15, 0.2) is 12.2 Å². The predicted molar refractivity (Wildman–Crippen MR) is 107 cm³/mol. The SMILES string of the molecule is C=C1CCC2C1CCC1C3CCCCC3C(C)(OC(C)=O)C(C)(OC(C)=O)C21. The molecule has 4 aliphatic rings. The van der Waals surface area contributed by atoms with Gasteiger partial charge in [-0.25, -0.2) is 0 Å². The van der Waals surface area contributed by atoms with Gasteiger partial charge in [-0.3, -0.25) is 9.59 Å². The average Bonchev–Trinajstić information content (AvgIpc) is 3.00. The van der Waals surface area contributed by atoms with E-state index in [0.29, 0.717) is 23.7 Å². The van der Waals surface area contributed by atoms with Crippen LogP contribution in [0.2, 0.25) is 0 Å². The molecule has 8 unspecified atom stereocenters. The Morgan fingerprint density at radius 2 is 1.50 bits per heavy atom. The van der Waals surface area contributed by atoms with E-state index in [-0.39, 0.29) is 23.8 Å². The first kappa shape index (κ1) is 20.0. The van der Waals surface area contributed by atoms with E-state index in [9.17, 15) is 9.59 Å². The smallest absolute Gasteiger partial charge is 0.303 e. The van der Waals surface area contributed by atoms with Crippen LogP contribution in [0.1, 0.15) is 79.1 Å². The first-order valence-electron chi connectivity index (χ1n) is 11.3. The zero-order chi connectivity index (χ0) is 20.3. The molecule has 0 aromatic heterocycles. The maximum atomic E-state index is 12.3. The lowest BCUT2D eigenvalue weighted by atomic mass is 9.44. The Labute approximate surface area is 169 Å². The molecule has 0 radical (unpaired) electrons. The number of ether oxygens (including phenoxy) is 2. The molecule has 4 rings (SSSR count). The van der Waals surface area contributed by atoms with E-state index in [4.69, 9.17) is 9.47 Å². The van der Waals surface area contributed by atoms with E-state index in [2.05, 4.69) is 20.4 Å². The summed E-state index contributed by atoms with van der Waals surface area (Å²) in [5, 5.41) is 0. The van der Waals surface area contributed by atoms with Crippen LogP contribution in [0.3, 0.4) is 0 Å². The summed E-state index contributed by atoms with van der Waals surface area (Å²) in [6, 6.07) is 0. The van der Waals surface area contributed by atoms with Crippen LogP contribution in [0.25, 0.3) is 0 Å². The lowest BCUT2D eigenvalue weighted by Gasteiger charge is -2.65. The number of carbonyl (C=O) groups excluding carboxylic acids is 2. The minimum Gasteiger partial charge on any atom is -0.455 e. The van der Waals surface area contributed by atoms with Gasteiger partial charge in [0.2, 0.25) is 0 Å². The van der Waals surface area contributed by atoms with Crippen molar-refractivity contribution in [1.29, 1.82) is 0 Å². The average molecular weight is 389 g/mol. The van der Waals surface area contributed by atoms with E-state index in [0.717, 1.165) is 25.7 Å². The number of hydrogen-bond donors (Lipinski definition) is 0. The number of fused-ring (bicyclic) bond motifs is 5. The van der Waals surface area contributed by atoms with Crippen LogP contribution in [0.4, 0.5) is 0 Å². The molecule has 28 heavy (non-hydrogen) atoms. The Balaban J connectivity index is 1.86. The summed E-state index contributed by atoms with van der Waals surface area (Å²) in [7, 11) is 0. The number of esters is 2. The molecule has 4 nitrogen and oxygen atoms in total. The Bertz CT molecular complexity index is 684. The van der Waals surface area contributed by atoms with Gasteiger partial charge in [0.15, 0.2) is 11.2 Å². The van der Waals surface area contributed by atoms with E-state index < -0.39 is 11.2 Å². The van der Waals surface area contributed by atoms with Gasteiger partial charge in [-0.05, 0) is 76.0 Å². The summed E-state index contributed by atoms with van der Waals surface area (Å²) in [5.74, 6) is 2.06. The summed E-state index contributed by atoms with van der Waals surface area (Å²) in [4.78, 5) is 24.5. The zero-order valence-electron chi connectivity index (χ0n) is 18.0. The lowest BCUT2D eigenvalue weighted by molar-refractivity contribution is -0.284. The van der Waals surface area contributed by atoms with Crippen molar-refractivity contribution in [3.8, 4) is 0 Å². The van der Waals surface area contributed by atoms with Crippen LogP contribution in [0, 0.1) is 35.5 Å². The molecule has 0 saturated heterocycles. The Morgan fingerprint density at radius 1 is 0.857 bits per heavy atom. The van der Waals surface area contributed by atoms with E-state index in [1.54, 1.807) is 0 Å². The molecule has 0 aromatic rings. The summed E-state index contributed by atoms with van der Waals surface area (Å²) < 4.78 is 12.4. The fraction of sp³-hybridized carbons (Fsp3) is 0.833. The summed E-state index contributed by atoms with van der Waals surface area (Å²) >= 11 is 0. The minimum atomic E-state index is -0.790. The van der Waals surface area contributed by atoms with Crippen molar-refractivity contribution in [1.82, 2.24) is 0 Å². The Morgan fingerprint density at radius 3 is 2.18 bits per heavy atom. The highest BCUT2D eigenvalue weighted by Crippen LogP contribution is 2.66. The number of allylic oxidation sites excluding steroid dienone is 1. The van der Waals surface area contributed by atoms with Crippen LogP contribution >= 0.6 is 0 Å². The Kier molecular flexibility index (Phi) is 4.91. The summed E-state index contributed by atoms with van der Waals surface area (Å²) in [6.45, 7) is 11.5. The van der Waals surface area contributed by atoms with E-state index in [1.165, 1.54) is 45.1 Å². The second-order valence-corrected chi connectivity index (χ2v) is 10.2. The lowest BCUT2D eigenvalue weighted by Crippen LogP contribution is -2.72. The third kappa shape index (κ3) is 2.77. The molecule has 0 spiro atoms. The predicted octanol–water partition coefficient (Wildman–Crippen LogP) is 5.06. The van der Waals surface area contributed by atoms with Gasteiger partial charge >= 0.3 is 11.9 Å². The maximum Gasteiger partial charge on any atom is 0.303 e. The highest BCUT2D eigenvalue weighted by Gasteiger charge is 2.70. The second kappa shape index (κ2) is 6.88. The fourth-order valence-corrected chi connectivity index (χ4v) is 8.05. The molecule has 4 fully saturated rings. The molecule has 0 amide bonds. The van der Waals surface area contributed by atoms with Crippen molar-refractivity contribution in [3.05, 3.63) is 12.2 Å². The molecule has 8 atom stereocenters. The largest absolute Gasteiger partial charge is 0.455 e. The third-order valence-electron chi connectivity index (χ3n) is 8.98. The number of hydrogen-bond acceptors (Lipinski definition) is 4. The van der Waals surface area contributed by atoms with Crippen molar-refractivity contribution < 1.29 is 19.1 Å². The molecule has 0 aromatic carbocycles. The molecule has 4 heteroatoms. The van der Waals surface area contributed by atoms with Gasteiger partial charge in [0, 0.05) is 25.7 Å². The molecule has 4 saturated carbocycles. The van der Waals surface area contributed by atoms with Crippen molar-refractivity contribution in [2.45, 2.75) is 90.3 Å². The molecule has 0 aliphatic heterocycles. The molecule has 0 N–H and O–H groups in total. The summed E-state index contributed by atoms with van der Waals surface area (Å²) in [6.07, 6.45) is 9.27. The van der Waals surface area contributed by atoms with Gasteiger partial charge in [0.05, 0.1) is 0 Å². The molecule has 4 aliphatic carbocycles. The van der Waals surface area contributed by atoms with Gasteiger partial charge in [-0.1, -0.05) is 25.0 Å². The highest BCUT2D eigenvalue weighted by molar-refractivity contribution is 5.68. The van der Waals surface area contributed by atoms with Gasteiger partial charge in [0.1, 0.15) is 0 Å². The van der Waals surface area contributed by atoms with Crippen molar-refractivity contribution in [3.63, 3.8) is 0 Å². The molecule has 0 heterocycles. The second-order valence-electron chi connectivity index (χ2n) is 10.2. The topological polar surface area (TPSA) is 52.6 Å². The number of rotatable bonds is 2. The van der Waals surface area contributed by atoms with Crippen LogP contribution in [0.5, 0.6) is 0 Å². The zero-order valence-corrected chi connectivity index (χ0v) is 18.0. The van der Waals surface area contributed by atoms with E-state index >= 15 is 0 Å². The van der Waals surface area contributed by atoms with Gasteiger partial charge in [0.25, 0.3) is 0 Å². The normalized spacial score (nSPS) is 47.5. The van der Waals surface area contributed by atoms with Gasteiger partial charge in [-0.2, -0.15) is 0 Å².